The standard InChI is InChI=1S/C16H31NO5S/c1-15(2)16(18)22-13-12-17(3,4)11-9-7-5-6-8-10-14-23(19,20)21/h1,5-14H2,2-4H3/p+1. The lowest BCUT2D eigenvalue weighted by molar-refractivity contribution is -0.890. The quantitative estimate of drug-likeness (QED) is 0.181. The third-order valence-electron chi connectivity index (χ3n) is 3.69. The maximum absolute atomic E-state index is 11.3. The van der Waals surface area contributed by atoms with Crippen LogP contribution in [-0.4, -0.2) is 63.0 Å². The van der Waals surface area contributed by atoms with Crippen LogP contribution in [0.4, 0.5) is 0 Å². The minimum atomic E-state index is -3.81. The van der Waals surface area contributed by atoms with Gasteiger partial charge in [-0.2, -0.15) is 8.42 Å². The molecule has 23 heavy (non-hydrogen) atoms. The number of esters is 1. The molecule has 0 spiro atoms. The molecular formula is C16H32NO5S+. The number of ether oxygens (including phenoxy) is 1. The molecular weight excluding hydrogens is 318 g/mol. The second-order valence-electron chi connectivity index (χ2n) is 6.71. The number of unbranched alkanes of at least 4 members (excludes halogenated alkanes) is 5. The van der Waals surface area contributed by atoms with Crippen molar-refractivity contribution in [2.75, 3.05) is 39.5 Å². The van der Waals surface area contributed by atoms with Crippen LogP contribution >= 0.6 is 0 Å². The normalized spacial score (nSPS) is 12.2. The Morgan fingerprint density at radius 2 is 1.57 bits per heavy atom. The summed E-state index contributed by atoms with van der Waals surface area (Å²) in [6.07, 6.45) is 5.58. The molecule has 6 nitrogen and oxygen atoms in total. The molecule has 1 N–H and O–H groups in total. The summed E-state index contributed by atoms with van der Waals surface area (Å²) in [4.78, 5) is 11.3. The van der Waals surface area contributed by atoms with Crippen LogP contribution in [0.5, 0.6) is 0 Å². The van der Waals surface area contributed by atoms with Gasteiger partial charge in [0.15, 0.2) is 0 Å². The van der Waals surface area contributed by atoms with Crippen molar-refractivity contribution in [2.24, 2.45) is 0 Å². The Morgan fingerprint density at radius 1 is 1.04 bits per heavy atom. The average molecular weight is 351 g/mol. The van der Waals surface area contributed by atoms with Gasteiger partial charge in [0.25, 0.3) is 10.1 Å². The van der Waals surface area contributed by atoms with Crippen molar-refractivity contribution in [3.63, 3.8) is 0 Å². The third kappa shape index (κ3) is 14.4. The lowest BCUT2D eigenvalue weighted by Crippen LogP contribution is -2.43. The number of quaternary nitrogens is 1. The predicted molar refractivity (Wildman–Crippen MR) is 91.7 cm³/mol. The highest BCUT2D eigenvalue weighted by atomic mass is 32.2. The van der Waals surface area contributed by atoms with Gasteiger partial charge in [0.1, 0.15) is 13.2 Å². The van der Waals surface area contributed by atoms with E-state index in [-0.39, 0.29) is 11.7 Å². The number of nitrogens with zero attached hydrogens (tertiary/aromatic N) is 1. The molecule has 0 aromatic carbocycles. The van der Waals surface area contributed by atoms with Crippen molar-refractivity contribution in [3.05, 3.63) is 12.2 Å². The molecule has 0 aliphatic rings. The van der Waals surface area contributed by atoms with Crippen LogP contribution in [0.3, 0.4) is 0 Å². The van der Waals surface area contributed by atoms with Crippen LogP contribution in [0.25, 0.3) is 0 Å². The van der Waals surface area contributed by atoms with E-state index >= 15 is 0 Å². The highest BCUT2D eigenvalue weighted by molar-refractivity contribution is 7.85. The maximum Gasteiger partial charge on any atom is 0.333 e. The summed E-state index contributed by atoms with van der Waals surface area (Å²) in [5, 5.41) is 0. The first-order valence-electron chi connectivity index (χ1n) is 8.13. The molecule has 0 rings (SSSR count). The Labute approximate surface area is 140 Å². The van der Waals surface area contributed by atoms with E-state index in [9.17, 15) is 13.2 Å². The van der Waals surface area contributed by atoms with E-state index in [1.807, 2.05) is 0 Å². The molecule has 0 aromatic heterocycles. The van der Waals surface area contributed by atoms with Gasteiger partial charge in [-0.25, -0.2) is 4.79 Å². The van der Waals surface area contributed by atoms with Crippen LogP contribution in [-0.2, 0) is 19.6 Å². The van der Waals surface area contributed by atoms with Crippen molar-refractivity contribution in [2.45, 2.75) is 45.4 Å². The molecule has 0 aliphatic heterocycles. The largest absolute Gasteiger partial charge is 0.456 e. The van der Waals surface area contributed by atoms with E-state index in [0.29, 0.717) is 18.6 Å². The summed E-state index contributed by atoms with van der Waals surface area (Å²) in [6, 6.07) is 0. The van der Waals surface area contributed by atoms with Crippen molar-refractivity contribution in [1.82, 2.24) is 0 Å². The minimum Gasteiger partial charge on any atom is -0.456 e. The van der Waals surface area contributed by atoms with Crippen LogP contribution in [0, 0.1) is 0 Å². The Hall–Kier alpha value is -0.920. The third-order valence-corrected chi connectivity index (χ3v) is 4.50. The van der Waals surface area contributed by atoms with Gasteiger partial charge >= 0.3 is 5.97 Å². The lowest BCUT2D eigenvalue weighted by atomic mass is 10.1. The van der Waals surface area contributed by atoms with Crippen LogP contribution < -0.4 is 0 Å². The van der Waals surface area contributed by atoms with Gasteiger partial charge in [-0.05, 0) is 26.2 Å². The first-order chi connectivity index (χ1) is 10.5. The topological polar surface area (TPSA) is 80.7 Å². The molecule has 0 atom stereocenters. The smallest absolute Gasteiger partial charge is 0.333 e. The van der Waals surface area contributed by atoms with Gasteiger partial charge < -0.3 is 9.22 Å². The van der Waals surface area contributed by atoms with Crippen LogP contribution in [0.1, 0.15) is 45.4 Å². The van der Waals surface area contributed by atoms with Gasteiger partial charge in [-0.15, -0.1) is 0 Å². The highest BCUT2D eigenvalue weighted by Crippen LogP contribution is 2.09. The highest BCUT2D eigenvalue weighted by Gasteiger charge is 2.15. The Kier molecular flexibility index (Phi) is 10.3. The molecule has 0 heterocycles. The predicted octanol–water partition coefficient (Wildman–Crippen LogP) is 2.41. The fourth-order valence-electron chi connectivity index (χ4n) is 2.15. The van der Waals surface area contributed by atoms with E-state index in [1.54, 1.807) is 6.92 Å². The molecule has 136 valence electrons. The van der Waals surface area contributed by atoms with Gasteiger partial charge in [-0.3, -0.25) is 4.55 Å². The van der Waals surface area contributed by atoms with E-state index in [4.69, 9.17) is 9.29 Å². The molecule has 0 fully saturated rings. The maximum atomic E-state index is 11.3. The second-order valence-corrected chi connectivity index (χ2v) is 8.28. The monoisotopic (exact) mass is 350 g/mol. The fraction of sp³-hybridized carbons (Fsp3) is 0.812. The molecule has 0 radical (unpaired) electrons. The average Bonchev–Trinajstić information content (AvgIpc) is 2.40. The van der Waals surface area contributed by atoms with Gasteiger partial charge in [0, 0.05) is 5.57 Å². The van der Waals surface area contributed by atoms with E-state index in [2.05, 4.69) is 20.7 Å². The van der Waals surface area contributed by atoms with Crippen molar-refractivity contribution >= 4 is 16.1 Å². The summed E-state index contributed by atoms with van der Waals surface area (Å²) >= 11 is 0. The Morgan fingerprint density at radius 3 is 2.09 bits per heavy atom. The Bertz CT molecular complexity index is 471. The summed E-state index contributed by atoms with van der Waals surface area (Å²) in [5.41, 5.74) is 0.421. The zero-order valence-corrected chi connectivity index (χ0v) is 15.5. The summed E-state index contributed by atoms with van der Waals surface area (Å²) in [5.74, 6) is -0.477. The number of rotatable bonds is 13. The molecule has 7 heteroatoms. The van der Waals surface area contributed by atoms with Gasteiger partial charge in [0.2, 0.25) is 0 Å². The molecule has 0 saturated heterocycles. The Balaban J connectivity index is 3.62. The number of hydrogen-bond acceptors (Lipinski definition) is 4. The fourth-order valence-corrected chi connectivity index (χ4v) is 2.72. The van der Waals surface area contributed by atoms with Gasteiger partial charge in [-0.1, -0.05) is 25.8 Å². The van der Waals surface area contributed by atoms with Crippen molar-refractivity contribution in [3.8, 4) is 0 Å². The first kappa shape index (κ1) is 22.1. The number of likely N-dealkylation sites (N-methyl/N-ethyl adjacent to an activating group) is 1. The SMILES string of the molecule is C=C(C)C(=O)OCC[N+](C)(C)CCCCCCCCS(=O)(=O)O. The summed E-state index contributed by atoms with van der Waals surface area (Å²) in [6.45, 7) is 7.36. The first-order valence-corrected chi connectivity index (χ1v) is 9.74. The van der Waals surface area contributed by atoms with Crippen molar-refractivity contribution in [1.29, 1.82) is 0 Å². The minimum absolute atomic E-state index is 0.139. The van der Waals surface area contributed by atoms with E-state index in [1.165, 1.54) is 0 Å². The number of hydrogen-bond donors (Lipinski definition) is 1. The molecule has 0 bridgehead atoms. The molecule has 0 amide bonds. The molecule has 0 aliphatic carbocycles. The van der Waals surface area contributed by atoms with Gasteiger partial charge in [0.05, 0.1) is 26.4 Å². The van der Waals surface area contributed by atoms with Crippen LogP contribution in [0.15, 0.2) is 12.2 Å². The zero-order valence-electron chi connectivity index (χ0n) is 14.7. The van der Waals surface area contributed by atoms with Crippen molar-refractivity contribution < 1.29 is 27.0 Å². The lowest BCUT2D eigenvalue weighted by Gasteiger charge is -2.29. The zero-order chi connectivity index (χ0) is 17.9. The summed E-state index contributed by atoms with van der Waals surface area (Å²) < 4.78 is 35.6. The van der Waals surface area contributed by atoms with E-state index in [0.717, 1.165) is 49.7 Å². The van der Waals surface area contributed by atoms with E-state index < -0.39 is 10.1 Å². The van der Waals surface area contributed by atoms with Crippen LogP contribution in [0.2, 0.25) is 0 Å². The number of carbonyl (C=O) groups excluding carboxylic acids is 1. The molecule has 0 saturated carbocycles. The molecule has 0 unspecified atom stereocenters. The summed E-state index contributed by atoms with van der Waals surface area (Å²) in [7, 11) is 0.418. The number of carbonyl (C=O) groups is 1. The molecule has 0 aromatic rings. The second kappa shape index (κ2) is 10.8.